The molecule has 0 amide bonds. The summed E-state index contributed by atoms with van der Waals surface area (Å²) >= 11 is 0. The number of alkyl halides is 3. The normalized spacial score (nSPS) is 12.4. The molecule has 0 atom stereocenters. The van der Waals surface area contributed by atoms with Crippen molar-refractivity contribution in [3.63, 3.8) is 0 Å². The van der Waals surface area contributed by atoms with Crippen molar-refractivity contribution in [2.75, 3.05) is 11.9 Å². The van der Waals surface area contributed by atoms with Gasteiger partial charge in [-0.05, 0) is 36.2 Å². The zero-order valence-electron chi connectivity index (χ0n) is 14.1. The summed E-state index contributed by atoms with van der Waals surface area (Å²) < 4.78 is 62.1. The lowest BCUT2D eigenvalue weighted by molar-refractivity contribution is -0.0447. The van der Waals surface area contributed by atoms with Crippen molar-refractivity contribution in [1.29, 1.82) is 0 Å². The summed E-state index contributed by atoms with van der Waals surface area (Å²) in [7, 11) is -5.30. The zero-order chi connectivity index (χ0) is 19.5. The average Bonchev–Trinajstić information content (AvgIpc) is 3.09. The fourth-order valence-corrected chi connectivity index (χ4v) is 3.08. The minimum absolute atomic E-state index is 0.157. The highest BCUT2D eigenvalue weighted by Gasteiger charge is 2.45. The number of benzene rings is 1. The van der Waals surface area contributed by atoms with Gasteiger partial charge in [0, 0.05) is 30.3 Å². The van der Waals surface area contributed by atoms with Gasteiger partial charge in [0.25, 0.3) is 0 Å². The highest BCUT2D eigenvalue weighted by atomic mass is 32.2. The third-order valence-electron chi connectivity index (χ3n) is 3.95. The summed E-state index contributed by atoms with van der Waals surface area (Å²) in [5, 5.41) is 3.26. The van der Waals surface area contributed by atoms with Gasteiger partial charge in [-0.1, -0.05) is 18.2 Å². The number of pyridine rings is 1. The maximum atomic E-state index is 12.2. The van der Waals surface area contributed by atoms with Crippen LogP contribution < -0.4 is 10.0 Å². The molecule has 1 aromatic carbocycles. The molecule has 27 heavy (non-hydrogen) atoms. The molecule has 0 unspecified atom stereocenters. The molecule has 0 aliphatic rings. The number of halogens is 3. The molecule has 2 aromatic heterocycles. The quantitative estimate of drug-likeness (QED) is 0.642. The van der Waals surface area contributed by atoms with E-state index in [1.54, 1.807) is 35.2 Å². The molecule has 0 saturated carbocycles. The summed E-state index contributed by atoms with van der Waals surface area (Å²) in [6.07, 6.45) is 3.75. The van der Waals surface area contributed by atoms with Gasteiger partial charge in [-0.3, -0.25) is 0 Å². The van der Waals surface area contributed by atoms with E-state index < -0.39 is 15.5 Å². The second-order valence-electron chi connectivity index (χ2n) is 5.82. The van der Waals surface area contributed by atoms with Crippen molar-refractivity contribution in [2.24, 2.45) is 0 Å². The molecule has 3 rings (SSSR count). The van der Waals surface area contributed by atoms with E-state index in [0.29, 0.717) is 6.54 Å². The first-order chi connectivity index (χ1) is 12.8. The van der Waals surface area contributed by atoms with Gasteiger partial charge in [0.05, 0.1) is 6.54 Å². The Bertz CT molecular complexity index is 1010. The molecular weight excluding hydrogens is 381 g/mol. The van der Waals surface area contributed by atoms with Crippen LogP contribution in [-0.4, -0.2) is 29.9 Å². The molecule has 0 bridgehead atoms. The lowest BCUT2D eigenvalue weighted by Gasteiger charge is -2.11. The van der Waals surface area contributed by atoms with E-state index in [1.807, 2.05) is 28.8 Å². The highest BCUT2D eigenvalue weighted by molar-refractivity contribution is 7.90. The Kier molecular flexibility index (Phi) is 5.38. The fraction of sp³-hybridized carbons (Fsp3) is 0.235. The third kappa shape index (κ3) is 4.58. The van der Waals surface area contributed by atoms with Gasteiger partial charge >= 0.3 is 15.5 Å². The zero-order valence-corrected chi connectivity index (χ0v) is 14.9. The van der Waals surface area contributed by atoms with E-state index in [2.05, 4.69) is 10.3 Å². The predicted octanol–water partition coefficient (Wildman–Crippen LogP) is 2.93. The van der Waals surface area contributed by atoms with Crippen molar-refractivity contribution in [2.45, 2.75) is 18.5 Å². The Morgan fingerprint density at radius 3 is 2.52 bits per heavy atom. The lowest BCUT2D eigenvalue weighted by Crippen LogP contribution is -2.37. The topological polar surface area (TPSA) is 75.5 Å². The number of nitrogens with one attached hydrogen (secondary N) is 2. The van der Waals surface area contributed by atoms with Gasteiger partial charge in [-0.15, -0.1) is 0 Å². The highest BCUT2D eigenvalue weighted by Crippen LogP contribution is 2.21. The SMILES string of the molecule is O=S(=O)(NCCc1ccc(NCc2cccc3nccn23)cc1)C(F)(F)F. The van der Waals surface area contributed by atoms with Gasteiger partial charge in [-0.2, -0.15) is 13.2 Å². The number of imidazole rings is 1. The Morgan fingerprint density at radius 1 is 1.07 bits per heavy atom. The number of fused-ring (bicyclic) bond motifs is 1. The van der Waals surface area contributed by atoms with Crippen molar-refractivity contribution >= 4 is 21.4 Å². The molecule has 6 nitrogen and oxygen atoms in total. The summed E-state index contributed by atoms with van der Waals surface area (Å²) in [4.78, 5) is 4.22. The predicted molar refractivity (Wildman–Crippen MR) is 95.6 cm³/mol. The smallest absolute Gasteiger partial charge is 0.379 e. The number of aromatic nitrogens is 2. The summed E-state index contributed by atoms with van der Waals surface area (Å²) in [6.45, 7) is 0.246. The molecule has 0 fully saturated rings. The Hall–Kier alpha value is -2.59. The number of rotatable bonds is 7. The monoisotopic (exact) mass is 398 g/mol. The molecule has 10 heteroatoms. The molecule has 2 heterocycles. The van der Waals surface area contributed by atoms with Crippen LogP contribution >= 0.6 is 0 Å². The molecule has 0 aliphatic carbocycles. The van der Waals surface area contributed by atoms with E-state index in [-0.39, 0.29) is 13.0 Å². The molecule has 2 N–H and O–H groups in total. The number of sulfonamides is 1. The first-order valence-electron chi connectivity index (χ1n) is 8.06. The maximum absolute atomic E-state index is 12.2. The molecule has 0 saturated heterocycles. The van der Waals surface area contributed by atoms with Crippen LogP contribution in [0.1, 0.15) is 11.3 Å². The van der Waals surface area contributed by atoms with Crippen molar-refractivity contribution in [3.05, 3.63) is 66.1 Å². The summed E-state index contributed by atoms with van der Waals surface area (Å²) in [5.41, 5.74) is -1.85. The Balaban J connectivity index is 1.54. The Labute approximate surface area is 154 Å². The van der Waals surface area contributed by atoms with E-state index in [1.165, 1.54) is 0 Å². The molecular formula is C17H17F3N4O2S. The van der Waals surface area contributed by atoms with E-state index in [4.69, 9.17) is 0 Å². The second kappa shape index (κ2) is 7.57. The molecule has 3 aromatic rings. The van der Waals surface area contributed by atoms with Crippen LogP contribution in [0, 0.1) is 0 Å². The first kappa shape index (κ1) is 19.2. The number of hydrogen-bond acceptors (Lipinski definition) is 4. The van der Waals surface area contributed by atoms with Gasteiger partial charge in [0.1, 0.15) is 5.65 Å². The average molecular weight is 398 g/mol. The standard InChI is InChI=1S/C17H17F3N4O2S/c18-17(19,20)27(25,26)23-9-8-13-4-6-14(7-5-13)22-12-15-2-1-3-16-21-10-11-24(15)16/h1-7,10-11,22-23H,8-9,12H2. The molecule has 0 spiro atoms. The first-order valence-corrected chi connectivity index (χ1v) is 9.54. The second-order valence-corrected chi connectivity index (χ2v) is 7.58. The number of hydrogen-bond donors (Lipinski definition) is 2. The van der Waals surface area contributed by atoms with Crippen LogP contribution in [0.3, 0.4) is 0 Å². The van der Waals surface area contributed by atoms with Crippen LogP contribution in [0.5, 0.6) is 0 Å². The minimum atomic E-state index is -5.30. The van der Waals surface area contributed by atoms with E-state index in [9.17, 15) is 21.6 Å². The molecule has 144 valence electrons. The minimum Gasteiger partial charge on any atom is -0.379 e. The van der Waals surface area contributed by atoms with Gasteiger partial charge in [-0.25, -0.2) is 18.1 Å². The maximum Gasteiger partial charge on any atom is 0.511 e. The van der Waals surface area contributed by atoms with Crippen LogP contribution in [0.15, 0.2) is 54.9 Å². The van der Waals surface area contributed by atoms with Crippen LogP contribution in [0.2, 0.25) is 0 Å². The summed E-state index contributed by atoms with van der Waals surface area (Å²) in [6, 6.07) is 12.9. The van der Waals surface area contributed by atoms with Crippen molar-refractivity contribution < 1.29 is 21.6 Å². The molecule has 0 radical (unpaired) electrons. The summed E-state index contributed by atoms with van der Waals surface area (Å²) in [5.74, 6) is 0. The Morgan fingerprint density at radius 2 is 1.81 bits per heavy atom. The number of nitrogens with zero attached hydrogens (tertiary/aromatic N) is 2. The number of anilines is 1. The van der Waals surface area contributed by atoms with Crippen LogP contribution in [0.25, 0.3) is 5.65 Å². The van der Waals surface area contributed by atoms with Gasteiger partial charge in [0.15, 0.2) is 0 Å². The van der Waals surface area contributed by atoms with Crippen molar-refractivity contribution in [1.82, 2.24) is 14.1 Å². The van der Waals surface area contributed by atoms with Crippen LogP contribution in [0.4, 0.5) is 18.9 Å². The van der Waals surface area contributed by atoms with E-state index >= 15 is 0 Å². The lowest BCUT2D eigenvalue weighted by atomic mass is 10.1. The van der Waals surface area contributed by atoms with Gasteiger partial charge < -0.3 is 9.72 Å². The van der Waals surface area contributed by atoms with Crippen molar-refractivity contribution in [3.8, 4) is 0 Å². The van der Waals surface area contributed by atoms with Gasteiger partial charge in [0.2, 0.25) is 0 Å². The fourth-order valence-electron chi connectivity index (χ4n) is 2.54. The third-order valence-corrected chi connectivity index (χ3v) is 5.14. The molecule has 0 aliphatic heterocycles. The van der Waals surface area contributed by atoms with E-state index in [0.717, 1.165) is 22.6 Å². The largest absolute Gasteiger partial charge is 0.511 e. The van der Waals surface area contributed by atoms with Crippen LogP contribution in [-0.2, 0) is 23.0 Å².